The van der Waals surface area contributed by atoms with Gasteiger partial charge < -0.3 is 20.5 Å². The van der Waals surface area contributed by atoms with E-state index in [4.69, 9.17) is 15.2 Å². The molecule has 0 aliphatic heterocycles. The van der Waals surface area contributed by atoms with Crippen LogP contribution in [0.1, 0.15) is 37.7 Å². The lowest BCUT2D eigenvalue weighted by atomic mass is 9.96. The maximum absolute atomic E-state index is 5.98. The SMILES string of the molecule is COCCOc1cccc(CN=C(N)NC2CCCCC2)c1.I. The molecule has 1 aliphatic carbocycles. The third kappa shape index (κ3) is 7.87. The van der Waals surface area contributed by atoms with Crippen LogP contribution >= 0.6 is 24.0 Å². The van der Waals surface area contributed by atoms with Crippen LogP contribution in [-0.4, -0.2) is 32.3 Å². The van der Waals surface area contributed by atoms with E-state index in [2.05, 4.69) is 10.3 Å². The second-order valence-corrected chi connectivity index (χ2v) is 5.67. The average Bonchev–Trinajstić information content (AvgIpc) is 2.55. The van der Waals surface area contributed by atoms with E-state index >= 15 is 0 Å². The highest BCUT2D eigenvalue weighted by molar-refractivity contribution is 14.0. The minimum atomic E-state index is 0. The number of ether oxygens (including phenoxy) is 2. The van der Waals surface area contributed by atoms with Gasteiger partial charge >= 0.3 is 0 Å². The molecule has 0 spiro atoms. The average molecular weight is 433 g/mol. The van der Waals surface area contributed by atoms with E-state index in [0.29, 0.717) is 31.8 Å². The third-order valence-electron chi connectivity index (χ3n) is 3.84. The first kappa shape index (κ1) is 20.0. The van der Waals surface area contributed by atoms with Gasteiger partial charge in [-0.2, -0.15) is 0 Å². The molecule has 0 amide bonds. The molecule has 0 saturated heterocycles. The van der Waals surface area contributed by atoms with Gasteiger partial charge in [-0.3, -0.25) is 0 Å². The van der Waals surface area contributed by atoms with Crippen molar-refractivity contribution < 1.29 is 9.47 Å². The maximum atomic E-state index is 5.98. The zero-order chi connectivity index (χ0) is 15.6. The fourth-order valence-electron chi connectivity index (χ4n) is 2.65. The van der Waals surface area contributed by atoms with Gasteiger partial charge in [-0.25, -0.2) is 4.99 Å². The van der Waals surface area contributed by atoms with Gasteiger partial charge in [0.05, 0.1) is 13.2 Å². The molecule has 0 bridgehead atoms. The van der Waals surface area contributed by atoms with Crippen molar-refractivity contribution in [2.24, 2.45) is 10.7 Å². The number of benzene rings is 1. The van der Waals surface area contributed by atoms with E-state index < -0.39 is 0 Å². The predicted octanol–water partition coefficient (Wildman–Crippen LogP) is 3.07. The lowest BCUT2D eigenvalue weighted by molar-refractivity contribution is 0.146. The number of nitrogens with one attached hydrogen (secondary N) is 1. The van der Waals surface area contributed by atoms with Gasteiger partial charge in [0.15, 0.2) is 5.96 Å². The number of halogens is 1. The number of hydrogen-bond acceptors (Lipinski definition) is 3. The third-order valence-corrected chi connectivity index (χ3v) is 3.84. The van der Waals surface area contributed by atoms with Crippen LogP contribution in [0.4, 0.5) is 0 Å². The minimum Gasteiger partial charge on any atom is -0.491 e. The van der Waals surface area contributed by atoms with Crippen molar-refractivity contribution in [1.29, 1.82) is 0 Å². The lowest BCUT2D eigenvalue weighted by Crippen LogP contribution is -2.41. The molecule has 5 nitrogen and oxygen atoms in total. The Labute approximate surface area is 156 Å². The van der Waals surface area contributed by atoms with Crippen molar-refractivity contribution in [3.63, 3.8) is 0 Å². The second-order valence-electron chi connectivity index (χ2n) is 5.67. The van der Waals surface area contributed by atoms with E-state index in [1.54, 1.807) is 7.11 Å². The summed E-state index contributed by atoms with van der Waals surface area (Å²) in [4.78, 5) is 4.43. The molecule has 130 valence electrons. The van der Waals surface area contributed by atoms with E-state index in [-0.39, 0.29) is 24.0 Å². The Morgan fingerprint density at radius 2 is 2.04 bits per heavy atom. The Kier molecular flexibility index (Phi) is 10.0. The number of aliphatic imine (C=N–C) groups is 1. The zero-order valence-corrected chi connectivity index (χ0v) is 16.1. The van der Waals surface area contributed by atoms with Crippen LogP contribution in [-0.2, 0) is 11.3 Å². The molecule has 23 heavy (non-hydrogen) atoms. The molecule has 0 atom stereocenters. The molecule has 0 radical (unpaired) electrons. The molecule has 2 rings (SSSR count). The smallest absolute Gasteiger partial charge is 0.189 e. The van der Waals surface area contributed by atoms with Crippen molar-refractivity contribution in [1.82, 2.24) is 5.32 Å². The molecule has 0 heterocycles. The van der Waals surface area contributed by atoms with E-state index in [0.717, 1.165) is 11.3 Å². The summed E-state index contributed by atoms with van der Waals surface area (Å²) >= 11 is 0. The summed E-state index contributed by atoms with van der Waals surface area (Å²) < 4.78 is 10.6. The van der Waals surface area contributed by atoms with Crippen LogP contribution in [0.3, 0.4) is 0 Å². The normalized spacial score (nSPS) is 15.8. The molecule has 1 aromatic carbocycles. The predicted molar refractivity (Wildman–Crippen MR) is 105 cm³/mol. The Morgan fingerprint density at radius 1 is 1.26 bits per heavy atom. The van der Waals surface area contributed by atoms with Gasteiger partial charge in [-0.05, 0) is 30.5 Å². The summed E-state index contributed by atoms with van der Waals surface area (Å²) in [6.45, 7) is 1.70. The molecule has 1 aromatic rings. The van der Waals surface area contributed by atoms with Crippen LogP contribution in [0, 0.1) is 0 Å². The highest BCUT2D eigenvalue weighted by Gasteiger charge is 2.13. The molecule has 1 saturated carbocycles. The quantitative estimate of drug-likeness (QED) is 0.300. The number of guanidine groups is 1. The van der Waals surface area contributed by atoms with Gasteiger partial charge in [0.2, 0.25) is 0 Å². The first-order valence-corrected chi connectivity index (χ1v) is 8.05. The van der Waals surface area contributed by atoms with Crippen molar-refractivity contribution in [2.75, 3.05) is 20.3 Å². The Bertz CT molecular complexity index is 477. The first-order chi connectivity index (χ1) is 10.8. The molecule has 6 heteroatoms. The topological polar surface area (TPSA) is 68.9 Å². The van der Waals surface area contributed by atoms with Crippen molar-refractivity contribution in [3.05, 3.63) is 29.8 Å². The number of methoxy groups -OCH3 is 1. The number of nitrogens with two attached hydrogens (primary N) is 1. The highest BCUT2D eigenvalue weighted by Crippen LogP contribution is 2.17. The maximum Gasteiger partial charge on any atom is 0.189 e. The molecule has 0 unspecified atom stereocenters. The summed E-state index contributed by atoms with van der Waals surface area (Å²) in [6.07, 6.45) is 6.29. The van der Waals surface area contributed by atoms with E-state index in [9.17, 15) is 0 Å². The van der Waals surface area contributed by atoms with Gasteiger partial charge in [0.25, 0.3) is 0 Å². The molecule has 0 aromatic heterocycles. The lowest BCUT2D eigenvalue weighted by Gasteiger charge is -2.23. The van der Waals surface area contributed by atoms with Gasteiger partial charge in [0, 0.05) is 13.2 Å². The largest absolute Gasteiger partial charge is 0.491 e. The van der Waals surface area contributed by atoms with Crippen molar-refractivity contribution in [2.45, 2.75) is 44.7 Å². The number of rotatable bonds is 7. The summed E-state index contributed by atoms with van der Waals surface area (Å²) in [5, 5.41) is 3.33. The fraction of sp³-hybridized carbons (Fsp3) is 0.588. The highest BCUT2D eigenvalue weighted by atomic mass is 127. The summed E-state index contributed by atoms with van der Waals surface area (Å²) in [7, 11) is 1.66. The van der Waals surface area contributed by atoms with E-state index in [1.807, 2.05) is 24.3 Å². The molecular formula is C17H28IN3O2. The standard InChI is InChI=1S/C17H27N3O2.HI/c1-21-10-11-22-16-9-5-6-14(12-16)13-19-17(18)20-15-7-3-2-4-8-15;/h5-6,9,12,15H,2-4,7-8,10-11,13H2,1H3,(H3,18,19,20);1H. The fourth-order valence-corrected chi connectivity index (χ4v) is 2.65. The van der Waals surface area contributed by atoms with Crippen LogP contribution in [0.5, 0.6) is 5.75 Å². The van der Waals surface area contributed by atoms with Crippen LogP contribution in [0.25, 0.3) is 0 Å². The zero-order valence-electron chi connectivity index (χ0n) is 13.8. The minimum absolute atomic E-state index is 0. The van der Waals surface area contributed by atoms with Crippen molar-refractivity contribution in [3.8, 4) is 5.75 Å². The molecule has 1 aliphatic rings. The Balaban J connectivity index is 0.00000264. The van der Waals surface area contributed by atoms with Gasteiger partial charge in [0.1, 0.15) is 12.4 Å². The monoisotopic (exact) mass is 433 g/mol. The Morgan fingerprint density at radius 3 is 2.78 bits per heavy atom. The number of nitrogens with zero attached hydrogens (tertiary/aromatic N) is 1. The molecule has 1 fully saturated rings. The van der Waals surface area contributed by atoms with Crippen LogP contribution < -0.4 is 15.8 Å². The summed E-state index contributed by atoms with van der Waals surface area (Å²) in [6, 6.07) is 8.42. The first-order valence-electron chi connectivity index (χ1n) is 8.05. The Hall–Kier alpha value is -1.02. The molecular weight excluding hydrogens is 405 g/mol. The van der Waals surface area contributed by atoms with Crippen LogP contribution in [0.2, 0.25) is 0 Å². The van der Waals surface area contributed by atoms with Gasteiger partial charge in [-0.15, -0.1) is 24.0 Å². The molecule has 3 N–H and O–H groups in total. The van der Waals surface area contributed by atoms with E-state index in [1.165, 1.54) is 32.1 Å². The second kappa shape index (κ2) is 11.5. The number of hydrogen-bond donors (Lipinski definition) is 2. The summed E-state index contributed by atoms with van der Waals surface area (Å²) in [5.74, 6) is 1.38. The van der Waals surface area contributed by atoms with Crippen LogP contribution in [0.15, 0.2) is 29.3 Å². The summed E-state index contributed by atoms with van der Waals surface area (Å²) in [5.41, 5.74) is 7.07. The van der Waals surface area contributed by atoms with Crippen molar-refractivity contribution >= 4 is 29.9 Å². The van der Waals surface area contributed by atoms with Gasteiger partial charge in [-0.1, -0.05) is 31.4 Å².